The van der Waals surface area contributed by atoms with Crippen molar-refractivity contribution in [3.63, 3.8) is 0 Å². The third kappa shape index (κ3) is 3.59. The van der Waals surface area contributed by atoms with Gasteiger partial charge in [0.05, 0.1) is 6.61 Å². The van der Waals surface area contributed by atoms with Gasteiger partial charge in [0.1, 0.15) is 5.75 Å². The molecule has 1 N–H and O–H groups in total. The molecule has 2 aromatic heterocycles. The summed E-state index contributed by atoms with van der Waals surface area (Å²) in [4.78, 5) is 12.1. The van der Waals surface area contributed by atoms with Crippen LogP contribution in [0.1, 0.15) is 17.3 Å². The van der Waals surface area contributed by atoms with Crippen molar-refractivity contribution in [1.29, 1.82) is 0 Å². The predicted octanol–water partition coefficient (Wildman–Crippen LogP) is 3.74. The lowest BCUT2D eigenvalue weighted by atomic mass is 10.2. The zero-order valence-electron chi connectivity index (χ0n) is 12.1. The van der Waals surface area contributed by atoms with Gasteiger partial charge >= 0.3 is 6.01 Å². The molecule has 0 saturated heterocycles. The second-order valence-electron chi connectivity index (χ2n) is 4.43. The molecular weight excluding hydrogens is 366 g/mol. The summed E-state index contributed by atoms with van der Waals surface area (Å²) in [6.07, 6.45) is 0. The fourth-order valence-corrected chi connectivity index (χ4v) is 2.15. The molecule has 2 heterocycles. The van der Waals surface area contributed by atoms with Crippen LogP contribution in [0.4, 0.5) is 6.01 Å². The van der Waals surface area contributed by atoms with Gasteiger partial charge in [-0.3, -0.25) is 10.1 Å². The van der Waals surface area contributed by atoms with Crippen molar-refractivity contribution in [3.8, 4) is 17.4 Å². The predicted molar refractivity (Wildman–Crippen MR) is 85.3 cm³/mol. The van der Waals surface area contributed by atoms with E-state index in [0.29, 0.717) is 28.3 Å². The number of nitrogens with zero attached hydrogens (tertiary/aromatic N) is 2. The zero-order valence-corrected chi connectivity index (χ0v) is 13.7. The number of carbonyl (C=O) groups is 1. The average Bonchev–Trinajstić information content (AvgIpc) is 3.17. The van der Waals surface area contributed by atoms with Crippen molar-refractivity contribution in [1.82, 2.24) is 10.2 Å². The summed E-state index contributed by atoms with van der Waals surface area (Å²) in [6.45, 7) is 2.46. The van der Waals surface area contributed by atoms with Gasteiger partial charge in [-0.2, -0.15) is 0 Å². The van der Waals surface area contributed by atoms with Gasteiger partial charge in [0, 0.05) is 5.56 Å². The fraction of sp³-hybridized carbons (Fsp3) is 0.133. The molecule has 0 aliphatic heterocycles. The molecule has 118 valence electrons. The fourth-order valence-electron chi connectivity index (χ4n) is 1.84. The lowest BCUT2D eigenvalue weighted by molar-refractivity contribution is 0.102. The standard InChI is InChI=1S/C15H12BrN3O4/c1-2-21-10-5-3-9(4-6-10)13(20)17-15-19-18-14(23-15)11-7-8-12(16)22-11/h3-8H,2H2,1H3,(H,17,19,20). The molecule has 0 bridgehead atoms. The zero-order chi connectivity index (χ0) is 16.2. The Labute approximate surface area is 139 Å². The van der Waals surface area contributed by atoms with E-state index < -0.39 is 0 Å². The first kappa shape index (κ1) is 15.3. The SMILES string of the molecule is CCOc1ccc(C(=O)Nc2nnc(-c3ccc(Br)o3)o2)cc1. The van der Waals surface area contributed by atoms with E-state index in [4.69, 9.17) is 13.6 Å². The van der Waals surface area contributed by atoms with Gasteiger partial charge in [-0.1, -0.05) is 5.10 Å². The number of carbonyl (C=O) groups excluding carboxylic acids is 1. The normalized spacial score (nSPS) is 10.5. The van der Waals surface area contributed by atoms with Crippen LogP contribution in [-0.4, -0.2) is 22.7 Å². The van der Waals surface area contributed by atoms with E-state index in [9.17, 15) is 4.79 Å². The second kappa shape index (κ2) is 6.66. The number of ether oxygens (including phenoxy) is 1. The Kier molecular flexibility index (Phi) is 4.42. The first-order chi connectivity index (χ1) is 11.2. The molecular formula is C15H12BrN3O4. The lowest BCUT2D eigenvalue weighted by Crippen LogP contribution is -2.12. The summed E-state index contributed by atoms with van der Waals surface area (Å²) in [5.41, 5.74) is 0.453. The Morgan fingerprint density at radius 2 is 1.96 bits per heavy atom. The number of halogens is 1. The van der Waals surface area contributed by atoms with Gasteiger partial charge in [-0.25, -0.2) is 0 Å². The van der Waals surface area contributed by atoms with E-state index in [0.717, 1.165) is 0 Å². The van der Waals surface area contributed by atoms with Crippen molar-refractivity contribution in [3.05, 3.63) is 46.6 Å². The maximum absolute atomic E-state index is 12.1. The van der Waals surface area contributed by atoms with Gasteiger partial charge in [0.2, 0.25) is 0 Å². The van der Waals surface area contributed by atoms with Crippen molar-refractivity contribution in [2.45, 2.75) is 6.92 Å². The van der Waals surface area contributed by atoms with Crippen molar-refractivity contribution >= 4 is 27.9 Å². The summed E-state index contributed by atoms with van der Waals surface area (Å²) in [7, 11) is 0. The highest BCUT2D eigenvalue weighted by Gasteiger charge is 2.15. The number of furan rings is 1. The third-order valence-electron chi connectivity index (χ3n) is 2.86. The molecule has 1 aromatic carbocycles. The second-order valence-corrected chi connectivity index (χ2v) is 5.21. The van der Waals surface area contributed by atoms with E-state index in [-0.39, 0.29) is 17.8 Å². The van der Waals surface area contributed by atoms with Crippen LogP contribution in [0.5, 0.6) is 5.75 Å². The summed E-state index contributed by atoms with van der Waals surface area (Å²) in [5.74, 6) is 0.931. The highest BCUT2D eigenvalue weighted by atomic mass is 79.9. The Bertz CT molecular complexity index is 810. The maximum atomic E-state index is 12.1. The van der Waals surface area contributed by atoms with Crippen LogP contribution < -0.4 is 10.1 Å². The molecule has 0 saturated carbocycles. The number of benzene rings is 1. The number of amides is 1. The molecule has 3 rings (SSSR count). The summed E-state index contributed by atoms with van der Waals surface area (Å²) in [6, 6.07) is 10.1. The molecule has 0 spiro atoms. The Hall–Kier alpha value is -2.61. The van der Waals surface area contributed by atoms with Crippen molar-refractivity contribution < 1.29 is 18.4 Å². The van der Waals surface area contributed by atoms with Crippen LogP contribution in [0.3, 0.4) is 0 Å². The highest BCUT2D eigenvalue weighted by Crippen LogP contribution is 2.25. The Balaban J connectivity index is 1.69. The van der Waals surface area contributed by atoms with E-state index in [1.165, 1.54) is 0 Å². The highest BCUT2D eigenvalue weighted by molar-refractivity contribution is 9.10. The molecule has 8 heteroatoms. The molecule has 0 aliphatic rings. The molecule has 0 atom stereocenters. The Morgan fingerprint density at radius 1 is 1.17 bits per heavy atom. The van der Waals surface area contributed by atoms with Gasteiger partial charge in [-0.05, 0) is 59.3 Å². The smallest absolute Gasteiger partial charge is 0.322 e. The van der Waals surface area contributed by atoms with Crippen molar-refractivity contribution in [2.24, 2.45) is 0 Å². The maximum Gasteiger partial charge on any atom is 0.322 e. The first-order valence-corrected chi connectivity index (χ1v) is 7.58. The molecule has 0 fully saturated rings. The molecule has 1 amide bonds. The number of anilines is 1. The average molecular weight is 378 g/mol. The molecule has 23 heavy (non-hydrogen) atoms. The number of aromatic nitrogens is 2. The molecule has 7 nitrogen and oxygen atoms in total. The monoisotopic (exact) mass is 377 g/mol. The van der Waals surface area contributed by atoms with Crippen LogP contribution in [0.15, 0.2) is 49.9 Å². The number of hydrogen-bond donors (Lipinski definition) is 1. The van der Waals surface area contributed by atoms with Crippen molar-refractivity contribution in [2.75, 3.05) is 11.9 Å². The minimum absolute atomic E-state index is 0.00796. The topological polar surface area (TPSA) is 90.4 Å². The summed E-state index contributed by atoms with van der Waals surface area (Å²) < 4.78 is 16.5. The molecule has 0 unspecified atom stereocenters. The van der Waals surface area contributed by atoms with Crippen LogP contribution in [-0.2, 0) is 0 Å². The van der Waals surface area contributed by atoms with Gasteiger partial charge in [0.25, 0.3) is 11.8 Å². The largest absolute Gasteiger partial charge is 0.494 e. The quantitative estimate of drug-likeness (QED) is 0.727. The van der Waals surface area contributed by atoms with Gasteiger partial charge < -0.3 is 13.6 Å². The lowest BCUT2D eigenvalue weighted by Gasteiger charge is -2.04. The van der Waals surface area contributed by atoms with Crippen LogP contribution in [0.2, 0.25) is 0 Å². The third-order valence-corrected chi connectivity index (χ3v) is 3.28. The summed E-state index contributed by atoms with van der Waals surface area (Å²) in [5, 5.41) is 10.1. The van der Waals surface area contributed by atoms with Gasteiger partial charge in [-0.15, -0.1) is 5.10 Å². The molecule has 3 aromatic rings. The van der Waals surface area contributed by atoms with E-state index >= 15 is 0 Å². The van der Waals surface area contributed by atoms with Crippen LogP contribution in [0.25, 0.3) is 11.7 Å². The molecule has 0 aliphatic carbocycles. The van der Waals surface area contributed by atoms with Gasteiger partial charge in [0.15, 0.2) is 10.4 Å². The minimum atomic E-state index is -0.358. The number of hydrogen-bond acceptors (Lipinski definition) is 6. The first-order valence-electron chi connectivity index (χ1n) is 6.79. The Morgan fingerprint density at radius 3 is 2.61 bits per heavy atom. The number of nitrogens with one attached hydrogen (secondary N) is 1. The number of rotatable bonds is 5. The minimum Gasteiger partial charge on any atom is -0.494 e. The van der Waals surface area contributed by atoms with Crippen LogP contribution in [0, 0.1) is 0 Å². The van der Waals surface area contributed by atoms with E-state index in [1.807, 2.05) is 6.92 Å². The van der Waals surface area contributed by atoms with E-state index in [2.05, 4.69) is 31.4 Å². The summed E-state index contributed by atoms with van der Waals surface area (Å²) >= 11 is 3.19. The van der Waals surface area contributed by atoms with Crippen LogP contribution >= 0.6 is 15.9 Å². The van der Waals surface area contributed by atoms with E-state index in [1.54, 1.807) is 36.4 Å². The molecule has 0 radical (unpaired) electrons.